The first-order chi connectivity index (χ1) is 18.1. The molecule has 2 aromatic heterocycles. The number of nitrogens with one attached hydrogen (secondary N) is 2. The number of rotatable bonds is 2. The van der Waals surface area contributed by atoms with Crippen molar-refractivity contribution in [1.82, 2.24) is 30.0 Å². The van der Waals surface area contributed by atoms with Crippen molar-refractivity contribution < 1.29 is 4.79 Å². The lowest BCUT2D eigenvalue weighted by molar-refractivity contribution is -0.122. The summed E-state index contributed by atoms with van der Waals surface area (Å²) in [6.07, 6.45) is 4.84. The maximum atomic E-state index is 12.6. The molecule has 37 heavy (non-hydrogen) atoms. The molecule has 0 aliphatic carbocycles. The summed E-state index contributed by atoms with van der Waals surface area (Å²) in [7, 11) is 0. The van der Waals surface area contributed by atoms with Crippen LogP contribution in [0.2, 0.25) is 0 Å². The van der Waals surface area contributed by atoms with Gasteiger partial charge in [-0.05, 0) is 54.4 Å². The standard InChI is InChI=1S/C29H37N7O/c1-2-11-34-12-10-31-29(37)22-36-15-13-35(14-16-36)20-23-4-3-5-26(17-23)33-28-18-24(8-9-30-28)25-6-7-27(21-34)32-19-25/h3-9,17-19H,2,10-16,20-22H2,1H3,(H,30,33)(H,31,37). The maximum absolute atomic E-state index is 12.6. The molecule has 1 saturated heterocycles. The van der Waals surface area contributed by atoms with Gasteiger partial charge >= 0.3 is 0 Å². The van der Waals surface area contributed by atoms with Crippen LogP contribution in [-0.2, 0) is 17.9 Å². The Balaban J connectivity index is 1.37. The number of hydrogen-bond donors (Lipinski definition) is 2. The quantitative estimate of drug-likeness (QED) is 0.560. The van der Waals surface area contributed by atoms with Gasteiger partial charge in [-0.1, -0.05) is 25.1 Å². The van der Waals surface area contributed by atoms with Crippen LogP contribution in [0.15, 0.2) is 60.9 Å². The monoisotopic (exact) mass is 499 g/mol. The summed E-state index contributed by atoms with van der Waals surface area (Å²) >= 11 is 0. The SMILES string of the molecule is CCCN1CCNC(=O)CN2CCN(CC2)Cc2cccc(c2)Nc2cc(ccn2)-c2ccc(nc2)C1. The molecule has 1 aromatic carbocycles. The lowest BCUT2D eigenvalue weighted by Gasteiger charge is -2.34. The van der Waals surface area contributed by atoms with Crippen LogP contribution in [0.5, 0.6) is 0 Å². The number of amides is 1. The van der Waals surface area contributed by atoms with Crippen LogP contribution in [0.25, 0.3) is 11.1 Å². The van der Waals surface area contributed by atoms with Crippen molar-refractivity contribution in [1.29, 1.82) is 0 Å². The summed E-state index contributed by atoms with van der Waals surface area (Å²) in [6, 6.07) is 16.9. The van der Waals surface area contributed by atoms with Crippen molar-refractivity contribution in [2.75, 3.05) is 57.7 Å². The molecule has 7 heterocycles. The Morgan fingerprint density at radius 1 is 0.865 bits per heavy atom. The van der Waals surface area contributed by atoms with E-state index in [0.29, 0.717) is 13.1 Å². The van der Waals surface area contributed by atoms with Crippen LogP contribution < -0.4 is 10.6 Å². The predicted octanol–water partition coefficient (Wildman–Crippen LogP) is 3.35. The van der Waals surface area contributed by atoms with Gasteiger partial charge in [-0.3, -0.25) is 24.5 Å². The molecule has 1 amide bonds. The van der Waals surface area contributed by atoms with E-state index in [4.69, 9.17) is 4.98 Å². The fraction of sp³-hybridized carbons (Fsp3) is 0.414. The lowest BCUT2D eigenvalue weighted by Crippen LogP contribution is -2.49. The molecule has 194 valence electrons. The second-order valence-electron chi connectivity index (χ2n) is 9.97. The van der Waals surface area contributed by atoms with Crippen molar-refractivity contribution in [3.05, 3.63) is 72.2 Å². The van der Waals surface area contributed by atoms with Crippen LogP contribution in [0.3, 0.4) is 0 Å². The fourth-order valence-electron chi connectivity index (χ4n) is 5.05. The first-order valence-electron chi connectivity index (χ1n) is 13.4. The maximum Gasteiger partial charge on any atom is 0.234 e. The van der Waals surface area contributed by atoms with Crippen molar-refractivity contribution >= 4 is 17.4 Å². The predicted molar refractivity (Wildman–Crippen MR) is 147 cm³/mol. The van der Waals surface area contributed by atoms with Crippen LogP contribution in [0.4, 0.5) is 11.5 Å². The zero-order valence-electron chi connectivity index (χ0n) is 21.7. The largest absolute Gasteiger partial charge is 0.354 e. The van der Waals surface area contributed by atoms with E-state index < -0.39 is 0 Å². The molecule has 5 aliphatic heterocycles. The van der Waals surface area contributed by atoms with Crippen LogP contribution in [-0.4, -0.2) is 82.9 Å². The van der Waals surface area contributed by atoms with E-state index in [2.05, 4.69) is 79.7 Å². The van der Waals surface area contributed by atoms with Crippen LogP contribution in [0, 0.1) is 0 Å². The van der Waals surface area contributed by atoms with Gasteiger partial charge in [-0.2, -0.15) is 0 Å². The third kappa shape index (κ3) is 7.13. The number of pyridine rings is 2. The summed E-state index contributed by atoms with van der Waals surface area (Å²) < 4.78 is 0. The van der Waals surface area contributed by atoms with Crippen LogP contribution in [0.1, 0.15) is 24.6 Å². The zero-order chi connectivity index (χ0) is 25.5. The second-order valence-corrected chi connectivity index (χ2v) is 9.97. The Kier molecular flexibility index (Phi) is 8.40. The zero-order valence-corrected chi connectivity index (χ0v) is 21.7. The van der Waals surface area contributed by atoms with E-state index in [-0.39, 0.29) is 5.91 Å². The highest BCUT2D eigenvalue weighted by molar-refractivity contribution is 5.78. The van der Waals surface area contributed by atoms with Gasteiger partial charge in [0.2, 0.25) is 5.91 Å². The topological polar surface area (TPSA) is 76.6 Å². The van der Waals surface area contributed by atoms with Gasteiger partial charge in [0, 0.05) is 76.0 Å². The average Bonchev–Trinajstić information content (AvgIpc) is 2.90. The minimum atomic E-state index is 0.111. The van der Waals surface area contributed by atoms with E-state index in [9.17, 15) is 4.79 Å². The molecule has 0 saturated carbocycles. The van der Waals surface area contributed by atoms with Gasteiger partial charge in [0.05, 0.1) is 12.2 Å². The number of carbonyl (C=O) groups excluding carboxylic acids is 1. The summed E-state index contributed by atoms with van der Waals surface area (Å²) in [5.74, 6) is 0.928. The number of carbonyl (C=O) groups is 1. The molecular weight excluding hydrogens is 462 g/mol. The van der Waals surface area contributed by atoms with E-state index in [1.807, 2.05) is 18.5 Å². The van der Waals surface area contributed by atoms with Gasteiger partial charge in [0.15, 0.2) is 0 Å². The van der Waals surface area contributed by atoms with Crippen molar-refractivity contribution in [2.24, 2.45) is 0 Å². The molecule has 0 atom stereocenters. The highest BCUT2D eigenvalue weighted by atomic mass is 16.2. The molecular formula is C29H37N7O. The third-order valence-electron chi connectivity index (χ3n) is 7.03. The summed E-state index contributed by atoms with van der Waals surface area (Å²) in [6.45, 7) is 10.5. The number of benzene rings is 1. The third-order valence-corrected chi connectivity index (χ3v) is 7.03. The molecule has 1 fully saturated rings. The second kappa shape index (κ2) is 12.3. The van der Waals surface area contributed by atoms with Crippen LogP contribution >= 0.6 is 0 Å². The number of piperazine rings is 1. The summed E-state index contributed by atoms with van der Waals surface area (Å²) in [5, 5.41) is 6.61. The van der Waals surface area contributed by atoms with Crippen molar-refractivity contribution in [3.63, 3.8) is 0 Å². The first kappa shape index (κ1) is 25.3. The number of anilines is 2. The lowest BCUT2D eigenvalue weighted by atomic mass is 10.1. The van der Waals surface area contributed by atoms with Crippen molar-refractivity contribution in [3.8, 4) is 11.1 Å². The van der Waals surface area contributed by atoms with Crippen molar-refractivity contribution in [2.45, 2.75) is 26.4 Å². The highest BCUT2D eigenvalue weighted by Gasteiger charge is 2.19. The highest BCUT2D eigenvalue weighted by Crippen LogP contribution is 2.24. The van der Waals surface area contributed by atoms with E-state index in [1.54, 1.807) is 0 Å². The Bertz CT molecular complexity index is 1170. The smallest absolute Gasteiger partial charge is 0.234 e. The minimum absolute atomic E-state index is 0.111. The van der Waals surface area contributed by atoms with E-state index in [0.717, 1.165) is 87.1 Å². The molecule has 8 heteroatoms. The molecule has 3 aromatic rings. The Labute approximate surface area is 219 Å². The molecule has 0 radical (unpaired) electrons. The first-order valence-corrected chi connectivity index (χ1v) is 13.4. The summed E-state index contributed by atoms with van der Waals surface area (Å²) in [5.41, 5.74) is 5.47. The van der Waals surface area contributed by atoms with Gasteiger partial charge < -0.3 is 10.6 Å². The van der Waals surface area contributed by atoms with Gasteiger partial charge in [-0.15, -0.1) is 0 Å². The molecule has 5 aliphatic rings. The van der Waals surface area contributed by atoms with Gasteiger partial charge in [-0.25, -0.2) is 4.98 Å². The summed E-state index contributed by atoms with van der Waals surface area (Å²) in [4.78, 5) is 29.0. The Hall–Kier alpha value is -3.33. The van der Waals surface area contributed by atoms with E-state index >= 15 is 0 Å². The Morgan fingerprint density at radius 2 is 1.70 bits per heavy atom. The van der Waals surface area contributed by atoms with Gasteiger partial charge in [0.1, 0.15) is 5.82 Å². The normalized spacial score (nSPS) is 21.3. The molecule has 8 bridgehead atoms. The molecule has 0 spiro atoms. The number of nitrogens with zero attached hydrogens (tertiary/aromatic N) is 5. The molecule has 0 unspecified atom stereocenters. The molecule has 2 N–H and O–H groups in total. The molecule has 8 nitrogen and oxygen atoms in total. The average molecular weight is 500 g/mol. The number of hydrogen-bond acceptors (Lipinski definition) is 7. The number of aromatic nitrogens is 2. The fourth-order valence-corrected chi connectivity index (χ4v) is 5.05. The van der Waals surface area contributed by atoms with Gasteiger partial charge in [0.25, 0.3) is 0 Å². The Morgan fingerprint density at radius 3 is 2.49 bits per heavy atom. The van der Waals surface area contributed by atoms with E-state index in [1.165, 1.54) is 5.56 Å². The minimum Gasteiger partial charge on any atom is -0.354 e. The molecule has 8 rings (SSSR count).